The van der Waals surface area contributed by atoms with Gasteiger partial charge in [-0.05, 0) is 43.2 Å². The van der Waals surface area contributed by atoms with E-state index in [2.05, 4.69) is 15.5 Å². The average molecular weight is 285 g/mol. The molecule has 21 heavy (non-hydrogen) atoms. The molecule has 1 amide bonds. The molecule has 0 saturated heterocycles. The molecule has 2 aliphatic rings. The van der Waals surface area contributed by atoms with Crippen molar-refractivity contribution in [1.82, 2.24) is 10.2 Å². The number of hydrogen-bond donors (Lipinski definition) is 3. The molecule has 3 N–H and O–H groups in total. The smallest absolute Gasteiger partial charge is 0.272 e. The van der Waals surface area contributed by atoms with E-state index in [4.69, 9.17) is 0 Å². The van der Waals surface area contributed by atoms with Gasteiger partial charge in [-0.3, -0.25) is 24.6 Å². The molecule has 2 aliphatic carbocycles. The van der Waals surface area contributed by atoms with Crippen LogP contribution in [0.15, 0.2) is 27.8 Å². The Labute approximate surface area is 119 Å². The Balaban J connectivity index is 1.70. The van der Waals surface area contributed by atoms with Crippen LogP contribution in [0.1, 0.15) is 19.3 Å². The van der Waals surface area contributed by atoms with E-state index in [0.717, 1.165) is 24.7 Å². The topological polar surface area (TPSA) is 94.8 Å². The van der Waals surface area contributed by atoms with Crippen LogP contribution in [0, 0.1) is 17.8 Å². The second kappa shape index (κ2) is 4.31. The van der Waals surface area contributed by atoms with Gasteiger partial charge in [-0.1, -0.05) is 6.07 Å². The van der Waals surface area contributed by atoms with Gasteiger partial charge in [-0.15, -0.1) is 0 Å². The summed E-state index contributed by atoms with van der Waals surface area (Å²) in [6.45, 7) is 0. The van der Waals surface area contributed by atoms with Crippen molar-refractivity contribution in [2.45, 2.75) is 19.3 Å². The van der Waals surface area contributed by atoms with Gasteiger partial charge in [0.15, 0.2) is 0 Å². The molecule has 1 heterocycles. The molecule has 4 rings (SSSR count). The fourth-order valence-electron chi connectivity index (χ4n) is 3.50. The minimum absolute atomic E-state index is 0.0325. The van der Waals surface area contributed by atoms with Crippen LogP contribution in [-0.2, 0) is 4.79 Å². The van der Waals surface area contributed by atoms with E-state index in [1.54, 1.807) is 18.2 Å². The number of aromatic amines is 2. The molecule has 0 radical (unpaired) electrons. The molecule has 2 unspecified atom stereocenters. The first-order valence-corrected chi connectivity index (χ1v) is 7.18. The highest BCUT2D eigenvalue weighted by atomic mass is 16.2. The van der Waals surface area contributed by atoms with Crippen molar-refractivity contribution in [1.29, 1.82) is 0 Å². The number of aromatic nitrogens is 2. The lowest BCUT2D eigenvalue weighted by molar-refractivity contribution is -0.119. The number of carbonyl (C=O) groups excluding carboxylic acids is 1. The van der Waals surface area contributed by atoms with Gasteiger partial charge in [-0.25, -0.2) is 0 Å². The van der Waals surface area contributed by atoms with Crippen molar-refractivity contribution in [2.75, 3.05) is 5.32 Å². The minimum atomic E-state index is -0.408. The lowest BCUT2D eigenvalue weighted by Crippen LogP contribution is -2.24. The third-order valence-electron chi connectivity index (χ3n) is 4.70. The predicted molar refractivity (Wildman–Crippen MR) is 78.1 cm³/mol. The zero-order valence-corrected chi connectivity index (χ0v) is 11.3. The van der Waals surface area contributed by atoms with Crippen molar-refractivity contribution < 1.29 is 4.79 Å². The number of carbonyl (C=O) groups is 1. The molecule has 2 saturated carbocycles. The molecule has 2 aromatic rings. The zero-order valence-electron chi connectivity index (χ0n) is 11.3. The van der Waals surface area contributed by atoms with Gasteiger partial charge in [0, 0.05) is 5.92 Å². The molecule has 6 heteroatoms. The third-order valence-corrected chi connectivity index (χ3v) is 4.70. The van der Waals surface area contributed by atoms with E-state index in [9.17, 15) is 14.4 Å². The Morgan fingerprint density at radius 3 is 2.52 bits per heavy atom. The lowest BCUT2D eigenvalue weighted by atomic mass is 10.0. The molecule has 0 spiro atoms. The van der Waals surface area contributed by atoms with Crippen LogP contribution in [0.4, 0.5) is 5.69 Å². The fourth-order valence-corrected chi connectivity index (χ4v) is 3.50. The predicted octanol–water partition coefficient (Wildman–Crippen LogP) is 1.20. The number of rotatable bonds is 2. The number of benzene rings is 1. The molecule has 6 nitrogen and oxygen atoms in total. The van der Waals surface area contributed by atoms with Gasteiger partial charge in [0.1, 0.15) is 0 Å². The van der Waals surface area contributed by atoms with Gasteiger partial charge in [0.25, 0.3) is 11.1 Å². The maximum atomic E-state index is 12.3. The Morgan fingerprint density at radius 2 is 1.76 bits per heavy atom. The van der Waals surface area contributed by atoms with Crippen molar-refractivity contribution in [3.63, 3.8) is 0 Å². The van der Waals surface area contributed by atoms with E-state index >= 15 is 0 Å². The Bertz CT molecular complexity index is 841. The highest BCUT2D eigenvalue weighted by Gasteiger charge is 2.48. The molecule has 2 fully saturated rings. The number of fused-ring (bicyclic) bond motifs is 2. The Kier molecular flexibility index (Phi) is 2.54. The molecule has 0 bridgehead atoms. The fraction of sp³-hybridized carbons (Fsp3) is 0.400. The second-order valence-corrected chi connectivity index (χ2v) is 6.05. The molecular formula is C15H15N3O3. The van der Waals surface area contributed by atoms with E-state index in [-0.39, 0.29) is 28.2 Å². The van der Waals surface area contributed by atoms with E-state index in [1.165, 1.54) is 6.42 Å². The van der Waals surface area contributed by atoms with Crippen LogP contribution in [-0.4, -0.2) is 16.1 Å². The Morgan fingerprint density at radius 1 is 1.05 bits per heavy atom. The minimum Gasteiger partial charge on any atom is -0.325 e. The second-order valence-electron chi connectivity index (χ2n) is 6.05. The van der Waals surface area contributed by atoms with E-state index in [0.29, 0.717) is 5.69 Å². The largest absolute Gasteiger partial charge is 0.325 e. The summed E-state index contributed by atoms with van der Waals surface area (Å²) in [5, 5.41) is 7.92. The van der Waals surface area contributed by atoms with Crippen LogP contribution in [0.25, 0.3) is 10.8 Å². The van der Waals surface area contributed by atoms with Crippen LogP contribution in [0.2, 0.25) is 0 Å². The van der Waals surface area contributed by atoms with Crippen molar-refractivity contribution in [3.8, 4) is 0 Å². The number of H-pyrrole nitrogens is 2. The number of nitrogens with one attached hydrogen (secondary N) is 3. The summed E-state index contributed by atoms with van der Waals surface area (Å²) in [5.41, 5.74) is -0.372. The molecule has 1 aromatic heterocycles. The first kappa shape index (κ1) is 12.4. The first-order chi connectivity index (χ1) is 10.1. The molecular weight excluding hydrogens is 270 g/mol. The highest BCUT2D eigenvalue weighted by molar-refractivity contribution is 6.02. The molecule has 0 aliphatic heterocycles. The quantitative estimate of drug-likeness (QED) is 0.773. The van der Waals surface area contributed by atoms with E-state index in [1.807, 2.05) is 0 Å². The van der Waals surface area contributed by atoms with Crippen LogP contribution < -0.4 is 16.4 Å². The lowest BCUT2D eigenvalue weighted by Gasteiger charge is -2.13. The van der Waals surface area contributed by atoms with Gasteiger partial charge in [-0.2, -0.15) is 0 Å². The molecule has 2 atom stereocenters. The van der Waals surface area contributed by atoms with Gasteiger partial charge >= 0.3 is 0 Å². The summed E-state index contributed by atoms with van der Waals surface area (Å²) in [5.74, 6) is 1.43. The number of anilines is 1. The summed E-state index contributed by atoms with van der Waals surface area (Å²) in [6.07, 6.45) is 3.14. The van der Waals surface area contributed by atoms with Gasteiger partial charge in [0.2, 0.25) is 5.91 Å². The van der Waals surface area contributed by atoms with Crippen LogP contribution in [0.5, 0.6) is 0 Å². The summed E-state index contributed by atoms with van der Waals surface area (Å²) in [6, 6.07) is 4.90. The third kappa shape index (κ3) is 1.98. The summed E-state index contributed by atoms with van der Waals surface area (Å²) >= 11 is 0. The SMILES string of the molecule is O=C(Nc1cccc2c(=O)[nH][nH]c(=O)c12)C1CC2CC2C1. The van der Waals surface area contributed by atoms with Gasteiger partial charge in [0.05, 0.1) is 16.5 Å². The van der Waals surface area contributed by atoms with E-state index < -0.39 is 5.56 Å². The van der Waals surface area contributed by atoms with Crippen molar-refractivity contribution in [2.24, 2.45) is 17.8 Å². The maximum absolute atomic E-state index is 12.3. The van der Waals surface area contributed by atoms with Crippen molar-refractivity contribution in [3.05, 3.63) is 38.9 Å². The van der Waals surface area contributed by atoms with Crippen LogP contribution >= 0.6 is 0 Å². The molecule has 1 aromatic carbocycles. The monoisotopic (exact) mass is 285 g/mol. The standard InChI is InChI=1S/C15H15N3O3/c19-13(9-5-7-4-8(7)6-9)16-11-3-1-2-10-12(11)15(21)18-17-14(10)20/h1-3,7-9H,4-6H2,(H,16,19)(H,17,20)(H,18,21). The summed E-state index contributed by atoms with van der Waals surface area (Å²) in [4.78, 5) is 36.0. The van der Waals surface area contributed by atoms with Gasteiger partial charge < -0.3 is 5.32 Å². The Hall–Kier alpha value is -2.37. The number of amides is 1. The summed E-state index contributed by atoms with van der Waals surface area (Å²) in [7, 11) is 0. The maximum Gasteiger partial charge on any atom is 0.272 e. The molecule has 108 valence electrons. The highest BCUT2D eigenvalue weighted by Crippen LogP contribution is 2.54. The van der Waals surface area contributed by atoms with Crippen LogP contribution in [0.3, 0.4) is 0 Å². The number of hydrogen-bond acceptors (Lipinski definition) is 3. The first-order valence-electron chi connectivity index (χ1n) is 7.18. The van der Waals surface area contributed by atoms with Crippen molar-refractivity contribution >= 4 is 22.4 Å². The normalized spacial score (nSPS) is 26.6. The summed E-state index contributed by atoms with van der Waals surface area (Å²) < 4.78 is 0. The average Bonchev–Trinajstić information content (AvgIpc) is 3.09. The zero-order chi connectivity index (χ0) is 14.6.